The lowest BCUT2D eigenvalue weighted by molar-refractivity contribution is 0.102. The Hall–Kier alpha value is -3.40. The van der Waals surface area contributed by atoms with E-state index in [0.29, 0.717) is 24.5 Å². The summed E-state index contributed by atoms with van der Waals surface area (Å²) in [5.74, 6) is -0.372. The Morgan fingerprint density at radius 1 is 1.20 bits per heavy atom. The van der Waals surface area contributed by atoms with Gasteiger partial charge < -0.3 is 10.1 Å². The van der Waals surface area contributed by atoms with E-state index in [9.17, 15) is 9.59 Å². The number of carbonyl (C=O) groups excluding carboxylic acids is 1. The van der Waals surface area contributed by atoms with Gasteiger partial charge in [-0.1, -0.05) is 0 Å². The van der Waals surface area contributed by atoms with E-state index in [1.165, 1.54) is 28.0 Å². The zero-order valence-corrected chi connectivity index (χ0v) is 13.4. The van der Waals surface area contributed by atoms with Gasteiger partial charge in [0, 0.05) is 25.2 Å². The number of hydrogen-bond acceptors (Lipinski definition) is 7. The summed E-state index contributed by atoms with van der Waals surface area (Å²) >= 11 is 0. The number of amides is 1. The molecule has 25 heavy (non-hydrogen) atoms. The number of hydrogen-bond donors (Lipinski definition) is 1. The minimum Gasteiger partial charge on any atom is -0.383 e. The number of nitrogens with one attached hydrogen (secondary N) is 1. The van der Waals surface area contributed by atoms with E-state index < -0.39 is 0 Å². The average molecular weight is 341 g/mol. The van der Waals surface area contributed by atoms with Crippen LogP contribution in [0, 0.1) is 0 Å². The molecule has 0 aliphatic carbocycles. The molecular weight excluding hydrogens is 326 g/mol. The van der Waals surface area contributed by atoms with Crippen LogP contribution in [0.4, 0.5) is 5.69 Å². The molecule has 0 radical (unpaired) electrons. The molecule has 1 amide bonds. The molecule has 128 valence electrons. The summed E-state index contributed by atoms with van der Waals surface area (Å²) in [4.78, 5) is 32.0. The number of benzene rings is 1. The molecule has 0 aliphatic rings. The van der Waals surface area contributed by atoms with Gasteiger partial charge in [0.05, 0.1) is 25.0 Å². The summed E-state index contributed by atoms with van der Waals surface area (Å²) in [6.07, 6.45) is 4.31. The van der Waals surface area contributed by atoms with Crippen molar-refractivity contribution in [2.24, 2.45) is 0 Å². The van der Waals surface area contributed by atoms with Gasteiger partial charge in [-0.25, -0.2) is 9.78 Å². The van der Waals surface area contributed by atoms with Crippen molar-refractivity contribution in [2.45, 2.75) is 6.54 Å². The smallest absolute Gasteiger partial charge is 0.368 e. The number of anilines is 1. The molecule has 1 aromatic carbocycles. The maximum absolute atomic E-state index is 12.2. The fourth-order valence-electron chi connectivity index (χ4n) is 2.05. The van der Waals surface area contributed by atoms with Crippen molar-refractivity contribution in [2.75, 3.05) is 19.0 Å². The number of carbonyl (C=O) groups is 1. The van der Waals surface area contributed by atoms with Gasteiger partial charge in [-0.15, -0.1) is 0 Å². The molecule has 0 unspecified atom stereocenters. The molecule has 0 atom stereocenters. The Balaban J connectivity index is 1.73. The van der Waals surface area contributed by atoms with Crippen LogP contribution >= 0.6 is 0 Å². The molecule has 10 heteroatoms. The highest BCUT2D eigenvalue weighted by atomic mass is 16.5. The predicted octanol–water partition coefficient (Wildman–Crippen LogP) is 0.118. The number of ether oxygens (including phenoxy) is 1. The summed E-state index contributed by atoms with van der Waals surface area (Å²) in [6, 6.07) is 6.63. The van der Waals surface area contributed by atoms with Crippen LogP contribution in [0.15, 0.2) is 47.7 Å². The first-order valence-corrected chi connectivity index (χ1v) is 7.38. The van der Waals surface area contributed by atoms with Gasteiger partial charge in [0.2, 0.25) is 0 Å². The van der Waals surface area contributed by atoms with Crippen LogP contribution in [0.5, 0.6) is 0 Å². The maximum Gasteiger partial charge on any atom is 0.368 e. The van der Waals surface area contributed by atoms with Crippen LogP contribution in [0.3, 0.4) is 0 Å². The Labute approximate surface area is 142 Å². The summed E-state index contributed by atoms with van der Waals surface area (Å²) in [6.45, 7) is 0.688. The van der Waals surface area contributed by atoms with Crippen LogP contribution in [0.2, 0.25) is 0 Å². The standard InChI is InChI=1S/C15H15N7O3/c1-25-9-8-21-15(24)22(20-19-21)12-4-2-11(3-5-12)18-14(23)13-10-16-6-7-17-13/h2-7,10H,8-9H2,1H3,(H,18,23). The van der Waals surface area contributed by atoms with Crippen molar-refractivity contribution in [1.82, 2.24) is 29.8 Å². The van der Waals surface area contributed by atoms with E-state index in [2.05, 4.69) is 25.7 Å². The second-order valence-electron chi connectivity index (χ2n) is 4.98. The first-order chi connectivity index (χ1) is 12.2. The number of rotatable bonds is 6. The number of tetrazole rings is 1. The third-order valence-corrected chi connectivity index (χ3v) is 3.31. The van der Waals surface area contributed by atoms with Crippen LogP contribution in [-0.4, -0.2) is 49.4 Å². The minimum atomic E-state index is -0.372. The van der Waals surface area contributed by atoms with Gasteiger partial charge in [0.1, 0.15) is 5.69 Å². The molecule has 0 spiro atoms. The molecule has 2 aromatic heterocycles. The van der Waals surface area contributed by atoms with E-state index in [0.717, 1.165) is 0 Å². The van der Waals surface area contributed by atoms with Crippen LogP contribution in [-0.2, 0) is 11.3 Å². The van der Waals surface area contributed by atoms with Crippen LogP contribution < -0.4 is 11.0 Å². The third kappa shape index (κ3) is 3.75. The van der Waals surface area contributed by atoms with E-state index in [1.54, 1.807) is 31.4 Å². The topological polar surface area (TPSA) is 117 Å². The van der Waals surface area contributed by atoms with Crippen molar-refractivity contribution in [3.05, 3.63) is 59.0 Å². The van der Waals surface area contributed by atoms with Gasteiger partial charge in [0.25, 0.3) is 5.91 Å². The van der Waals surface area contributed by atoms with Crippen LogP contribution in [0.25, 0.3) is 5.69 Å². The average Bonchev–Trinajstić information content (AvgIpc) is 3.02. The summed E-state index contributed by atoms with van der Waals surface area (Å²) < 4.78 is 7.30. The molecule has 0 saturated heterocycles. The van der Waals surface area contributed by atoms with Crippen molar-refractivity contribution in [3.63, 3.8) is 0 Å². The fourth-order valence-corrected chi connectivity index (χ4v) is 2.05. The Morgan fingerprint density at radius 3 is 2.68 bits per heavy atom. The second kappa shape index (κ2) is 7.45. The normalized spacial score (nSPS) is 10.6. The van der Waals surface area contributed by atoms with Gasteiger partial charge in [0.15, 0.2) is 0 Å². The highest BCUT2D eigenvalue weighted by molar-refractivity contribution is 6.02. The number of aromatic nitrogens is 6. The van der Waals surface area contributed by atoms with Crippen molar-refractivity contribution in [1.29, 1.82) is 0 Å². The molecular formula is C15H15N7O3. The lowest BCUT2D eigenvalue weighted by atomic mass is 10.2. The van der Waals surface area contributed by atoms with Crippen molar-refractivity contribution >= 4 is 11.6 Å². The number of nitrogens with zero attached hydrogens (tertiary/aromatic N) is 6. The van der Waals surface area contributed by atoms with Gasteiger partial charge in [-0.3, -0.25) is 9.78 Å². The largest absolute Gasteiger partial charge is 0.383 e. The van der Waals surface area contributed by atoms with Crippen molar-refractivity contribution in [3.8, 4) is 5.69 Å². The Morgan fingerprint density at radius 2 is 2.00 bits per heavy atom. The first-order valence-electron chi connectivity index (χ1n) is 7.38. The second-order valence-corrected chi connectivity index (χ2v) is 4.98. The van der Waals surface area contributed by atoms with E-state index in [1.807, 2.05) is 0 Å². The summed E-state index contributed by atoms with van der Waals surface area (Å²) in [5, 5.41) is 10.3. The summed E-state index contributed by atoms with van der Waals surface area (Å²) in [7, 11) is 1.55. The number of methoxy groups -OCH3 is 1. The predicted molar refractivity (Wildman–Crippen MR) is 87.5 cm³/mol. The lowest BCUT2D eigenvalue weighted by Crippen LogP contribution is -2.25. The maximum atomic E-state index is 12.2. The molecule has 3 aromatic rings. The SMILES string of the molecule is COCCn1nnn(-c2ccc(NC(=O)c3cnccn3)cc2)c1=O. The minimum absolute atomic E-state index is 0.212. The zero-order valence-electron chi connectivity index (χ0n) is 13.4. The molecule has 2 heterocycles. The lowest BCUT2D eigenvalue weighted by Gasteiger charge is -2.05. The Kier molecular flexibility index (Phi) is 4.90. The van der Waals surface area contributed by atoms with Crippen LogP contribution in [0.1, 0.15) is 10.5 Å². The molecule has 0 fully saturated rings. The third-order valence-electron chi connectivity index (χ3n) is 3.31. The zero-order chi connectivity index (χ0) is 17.6. The molecule has 1 N–H and O–H groups in total. The highest BCUT2D eigenvalue weighted by Crippen LogP contribution is 2.12. The van der Waals surface area contributed by atoms with Crippen molar-refractivity contribution < 1.29 is 9.53 Å². The van der Waals surface area contributed by atoms with Gasteiger partial charge >= 0.3 is 5.69 Å². The molecule has 3 rings (SSSR count). The van der Waals surface area contributed by atoms with Gasteiger partial charge in [-0.2, -0.15) is 9.36 Å². The highest BCUT2D eigenvalue weighted by Gasteiger charge is 2.10. The van der Waals surface area contributed by atoms with E-state index >= 15 is 0 Å². The fraction of sp³-hybridized carbons (Fsp3) is 0.200. The van der Waals surface area contributed by atoms with E-state index in [4.69, 9.17) is 4.74 Å². The Bertz CT molecular complexity index is 903. The monoisotopic (exact) mass is 341 g/mol. The first kappa shape index (κ1) is 16.5. The summed E-state index contributed by atoms with van der Waals surface area (Å²) in [5.41, 5.74) is 0.933. The quantitative estimate of drug-likeness (QED) is 0.676. The molecule has 0 aliphatic heterocycles. The van der Waals surface area contributed by atoms with E-state index in [-0.39, 0.29) is 17.3 Å². The molecule has 0 saturated carbocycles. The molecule has 10 nitrogen and oxygen atoms in total. The van der Waals surface area contributed by atoms with Gasteiger partial charge in [-0.05, 0) is 34.7 Å². The molecule has 0 bridgehead atoms.